The number of carbonyl (C=O) groups excluding carboxylic acids is 1. The van der Waals surface area contributed by atoms with E-state index in [4.69, 9.17) is 4.74 Å². The van der Waals surface area contributed by atoms with E-state index in [-0.39, 0.29) is 4.90 Å². The van der Waals surface area contributed by atoms with Gasteiger partial charge in [0.1, 0.15) is 17.4 Å². The third kappa shape index (κ3) is 3.26. The van der Waals surface area contributed by atoms with Gasteiger partial charge in [0, 0.05) is 18.5 Å². The van der Waals surface area contributed by atoms with E-state index in [9.17, 15) is 26.8 Å². The van der Waals surface area contributed by atoms with E-state index in [0.717, 1.165) is 24.5 Å². The monoisotopic (exact) mass is 394 g/mol. The number of halogens is 2. The van der Waals surface area contributed by atoms with Crippen molar-refractivity contribution in [1.82, 2.24) is 8.54 Å². The number of methoxy groups -OCH3 is 1. The molecule has 3 aromatic rings. The number of nitrogens with zero attached hydrogens (tertiary/aromatic N) is 2. The quantitative estimate of drug-likeness (QED) is 0.674. The van der Waals surface area contributed by atoms with E-state index in [1.165, 1.54) is 31.4 Å². The first-order chi connectivity index (χ1) is 12.8. The lowest BCUT2D eigenvalue weighted by molar-refractivity contribution is 0.0952. The van der Waals surface area contributed by atoms with Gasteiger partial charge in [0.25, 0.3) is 15.9 Å². The molecule has 0 atom stereocenters. The molecule has 0 bridgehead atoms. The lowest BCUT2D eigenvalue weighted by Gasteiger charge is -2.06. The van der Waals surface area contributed by atoms with Gasteiger partial charge in [-0.3, -0.25) is 4.79 Å². The highest BCUT2D eigenvalue weighted by Crippen LogP contribution is 2.17. The molecule has 1 aromatic heterocycles. The molecule has 0 aliphatic carbocycles. The van der Waals surface area contributed by atoms with Crippen LogP contribution in [-0.4, -0.2) is 30.0 Å². The Bertz CT molecular complexity index is 1180. The molecule has 0 unspecified atom stereocenters. The summed E-state index contributed by atoms with van der Waals surface area (Å²) in [5.74, 6) is -2.77. The zero-order valence-corrected chi connectivity index (χ0v) is 14.6. The summed E-state index contributed by atoms with van der Waals surface area (Å²) in [5, 5.41) is 0. The van der Waals surface area contributed by atoms with Crippen molar-refractivity contribution in [3.8, 4) is 5.75 Å². The van der Waals surface area contributed by atoms with Crippen LogP contribution in [0.1, 0.15) is 10.4 Å². The van der Waals surface area contributed by atoms with Crippen molar-refractivity contribution < 1.29 is 26.7 Å². The number of benzene rings is 2. The van der Waals surface area contributed by atoms with Gasteiger partial charge in [0.05, 0.1) is 17.6 Å². The van der Waals surface area contributed by atoms with Crippen molar-refractivity contribution in [2.24, 2.45) is 0 Å². The molecule has 0 aliphatic rings. The molecule has 0 aliphatic heterocycles. The molecular formula is C17H12F2N2O5S. The van der Waals surface area contributed by atoms with Crippen LogP contribution >= 0.6 is 0 Å². The van der Waals surface area contributed by atoms with Gasteiger partial charge >= 0.3 is 5.69 Å². The molecule has 0 saturated heterocycles. The summed E-state index contributed by atoms with van der Waals surface area (Å²) in [4.78, 5) is 24.5. The van der Waals surface area contributed by atoms with Crippen molar-refractivity contribution in [2.75, 3.05) is 7.11 Å². The Hall–Kier alpha value is -3.27. The summed E-state index contributed by atoms with van der Waals surface area (Å²) in [7, 11) is -2.87. The summed E-state index contributed by atoms with van der Waals surface area (Å²) >= 11 is 0. The van der Waals surface area contributed by atoms with Crippen LogP contribution in [0.2, 0.25) is 0 Å². The summed E-state index contributed by atoms with van der Waals surface area (Å²) < 4.78 is 57.7. The fraction of sp³-hybridized carbons (Fsp3) is 0.0588. The van der Waals surface area contributed by atoms with E-state index in [1.54, 1.807) is 0 Å². The van der Waals surface area contributed by atoms with E-state index >= 15 is 0 Å². The lowest BCUT2D eigenvalue weighted by atomic mass is 10.2. The molecular weight excluding hydrogens is 382 g/mol. The number of aromatic nitrogens is 2. The molecule has 2 aromatic carbocycles. The van der Waals surface area contributed by atoms with Gasteiger partial charge in [0.15, 0.2) is 0 Å². The van der Waals surface area contributed by atoms with Crippen LogP contribution in [0, 0.1) is 11.6 Å². The van der Waals surface area contributed by atoms with E-state index in [0.29, 0.717) is 20.4 Å². The predicted octanol–water partition coefficient (Wildman–Crippen LogP) is 1.86. The number of imidazole rings is 1. The molecule has 1 heterocycles. The van der Waals surface area contributed by atoms with E-state index in [1.807, 2.05) is 0 Å². The van der Waals surface area contributed by atoms with Crippen molar-refractivity contribution in [1.29, 1.82) is 0 Å². The number of ether oxygens (including phenoxy) is 1. The van der Waals surface area contributed by atoms with Crippen LogP contribution in [-0.2, 0) is 10.0 Å². The highest BCUT2D eigenvalue weighted by atomic mass is 32.2. The smallest absolute Gasteiger partial charge is 0.349 e. The van der Waals surface area contributed by atoms with Gasteiger partial charge in [0.2, 0.25) is 0 Å². The molecule has 0 radical (unpaired) electrons. The third-order valence-electron chi connectivity index (χ3n) is 3.74. The largest absolute Gasteiger partial charge is 0.497 e. The molecule has 27 heavy (non-hydrogen) atoms. The van der Waals surface area contributed by atoms with Crippen LogP contribution in [0.3, 0.4) is 0 Å². The van der Waals surface area contributed by atoms with Crippen molar-refractivity contribution >= 4 is 15.9 Å². The van der Waals surface area contributed by atoms with Gasteiger partial charge in [-0.25, -0.2) is 26.6 Å². The molecule has 0 saturated carbocycles. The van der Waals surface area contributed by atoms with Gasteiger partial charge in [-0.2, -0.15) is 3.97 Å². The highest BCUT2D eigenvalue weighted by molar-refractivity contribution is 7.90. The van der Waals surface area contributed by atoms with Crippen LogP contribution < -0.4 is 10.4 Å². The molecule has 0 fully saturated rings. The Morgan fingerprint density at radius 3 is 2.30 bits per heavy atom. The van der Waals surface area contributed by atoms with Gasteiger partial charge in [-0.15, -0.1) is 0 Å². The molecule has 140 valence electrons. The number of carbonyl (C=O) groups is 1. The Labute approximate surface area is 152 Å². The average molecular weight is 394 g/mol. The maximum Gasteiger partial charge on any atom is 0.349 e. The maximum absolute atomic E-state index is 13.8. The SMILES string of the molecule is COc1ccc(S(=O)(=O)n2ccn(C(=O)c3ccc(F)cc3F)c2=O)cc1. The molecule has 0 amide bonds. The molecule has 10 heteroatoms. The van der Waals surface area contributed by atoms with Crippen LogP contribution in [0.5, 0.6) is 5.75 Å². The minimum Gasteiger partial charge on any atom is -0.497 e. The topological polar surface area (TPSA) is 87.4 Å². The Balaban J connectivity index is 2.04. The molecule has 7 nitrogen and oxygen atoms in total. The Kier molecular flexibility index (Phi) is 4.66. The minimum atomic E-state index is -4.28. The Morgan fingerprint density at radius 2 is 1.70 bits per heavy atom. The first-order valence-electron chi connectivity index (χ1n) is 7.45. The second-order valence-corrected chi connectivity index (χ2v) is 7.17. The molecule has 0 N–H and O–H groups in total. The van der Waals surface area contributed by atoms with Crippen molar-refractivity contribution in [3.05, 3.63) is 82.5 Å². The summed E-state index contributed by atoms with van der Waals surface area (Å²) in [6.07, 6.45) is 1.77. The molecule has 0 spiro atoms. The van der Waals surface area contributed by atoms with Gasteiger partial charge in [-0.05, 0) is 36.4 Å². The summed E-state index contributed by atoms with van der Waals surface area (Å²) in [6, 6.07) is 7.48. The lowest BCUT2D eigenvalue weighted by Crippen LogP contribution is -2.33. The van der Waals surface area contributed by atoms with Gasteiger partial charge < -0.3 is 4.74 Å². The van der Waals surface area contributed by atoms with Crippen LogP contribution in [0.25, 0.3) is 0 Å². The highest BCUT2D eigenvalue weighted by Gasteiger charge is 2.24. The third-order valence-corrected chi connectivity index (χ3v) is 5.41. The number of hydrogen-bond acceptors (Lipinski definition) is 5. The van der Waals surface area contributed by atoms with Crippen molar-refractivity contribution in [3.63, 3.8) is 0 Å². The fourth-order valence-electron chi connectivity index (χ4n) is 2.35. The fourth-order valence-corrected chi connectivity index (χ4v) is 3.57. The number of hydrogen-bond donors (Lipinski definition) is 0. The first kappa shape index (κ1) is 18.5. The van der Waals surface area contributed by atoms with Gasteiger partial charge in [-0.1, -0.05) is 0 Å². The normalized spacial score (nSPS) is 11.4. The standard InChI is InChI=1S/C17H12F2N2O5S/c1-26-12-3-5-13(6-4-12)27(24,25)21-9-8-20(17(21)23)16(22)14-7-2-11(18)10-15(14)19/h2-10H,1H3. The van der Waals surface area contributed by atoms with Crippen molar-refractivity contribution in [2.45, 2.75) is 4.90 Å². The summed E-state index contributed by atoms with van der Waals surface area (Å²) in [5.41, 5.74) is -1.78. The van der Waals surface area contributed by atoms with Crippen LogP contribution in [0.4, 0.5) is 8.78 Å². The summed E-state index contributed by atoms with van der Waals surface area (Å²) in [6.45, 7) is 0. The molecule has 3 rings (SSSR count). The first-order valence-corrected chi connectivity index (χ1v) is 8.89. The second-order valence-electron chi connectivity index (χ2n) is 5.36. The van der Waals surface area contributed by atoms with Crippen LogP contribution in [0.15, 0.2) is 64.5 Å². The predicted molar refractivity (Wildman–Crippen MR) is 90.4 cm³/mol. The number of rotatable bonds is 4. The second kappa shape index (κ2) is 6.80. The maximum atomic E-state index is 13.8. The average Bonchev–Trinajstić information content (AvgIpc) is 3.03. The zero-order chi connectivity index (χ0) is 19.8. The van der Waals surface area contributed by atoms with E-state index in [2.05, 4.69) is 0 Å². The zero-order valence-electron chi connectivity index (χ0n) is 13.8. The Morgan fingerprint density at radius 1 is 1.04 bits per heavy atom. The van der Waals surface area contributed by atoms with E-state index < -0.39 is 38.8 Å². The minimum absolute atomic E-state index is 0.205.